The average Bonchev–Trinajstić information content (AvgIpc) is 2.46. The van der Waals surface area contributed by atoms with Crippen LogP contribution < -0.4 is 0 Å². The Bertz CT molecular complexity index is 125. The molecule has 0 aromatic heterocycles. The minimum absolute atomic E-state index is 0.226. The Morgan fingerprint density at radius 2 is 2.27 bits per heavy atom. The lowest BCUT2D eigenvalue weighted by atomic mass is 10.1. The van der Waals surface area contributed by atoms with Crippen LogP contribution in [0.4, 0.5) is 0 Å². The molecule has 0 radical (unpaired) electrons. The Morgan fingerprint density at radius 3 is 3.00 bits per heavy atom. The van der Waals surface area contributed by atoms with Crippen molar-refractivity contribution in [2.75, 3.05) is 13.2 Å². The minimum Gasteiger partial charge on any atom is -0.396 e. The van der Waals surface area contributed by atoms with E-state index in [2.05, 4.69) is 0 Å². The van der Waals surface area contributed by atoms with E-state index in [4.69, 9.17) is 14.6 Å². The van der Waals surface area contributed by atoms with E-state index >= 15 is 0 Å². The van der Waals surface area contributed by atoms with Gasteiger partial charge in [0.1, 0.15) is 0 Å². The number of ether oxygens (including phenoxy) is 2. The lowest BCUT2D eigenvalue weighted by Gasteiger charge is -2.08. The van der Waals surface area contributed by atoms with E-state index in [1.807, 2.05) is 0 Å². The molecule has 3 nitrogen and oxygen atoms in total. The van der Waals surface area contributed by atoms with Crippen molar-refractivity contribution in [3.63, 3.8) is 0 Å². The molecule has 2 aliphatic heterocycles. The molecule has 0 saturated carbocycles. The second-order valence-corrected chi connectivity index (χ2v) is 3.24. The Kier molecular flexibility index (Phi) is 2.11. The lowest BCUT2D eigenvalue weighted by molar-refractivity contribution is 0.0276. The van der Waals surface area contributed by atoms with E-state index in [0.717, 1.165) is 25.9 Å². The van der Waals surface area contributed by atoms with Crippen LogP contribution in [0.2, 0.25) is 0 Å². The summed E-state index contributed by atoms with van der Waals surface area (Å²) in [5.41, 5.74) is 0. The van der Waals surface area contributed by atoms with E-state index in [9.17, 15) is 0 Å². The summed E-state index contributed by atoms with van der Waals surface area (Å²) in [6.45, 7) is 1.07. The van der Waals surface area contributed by atoms with Gasteiger partial charge in [0.15, 0.2) is 0 Å². The van der Waals surface area contributed by atoms with Crippen LogP contribution in [0.15, 0.2) is 0 Å². The van der Waals surface area contributed by atoms with Crippen LogP contribution in [0.1, 0.15) is 19.3 Å². The molecule has 3 heteroatoms. The SMILES string of the molecule is OCCC1CC2OCCC2O1. The minimum atomic E-state index is 0.226. The molecule has 0 aromatic rings. The van der Waals surface area contributed by atoms with Crippen molar-refractivity contribution in [1.82, 2.24) is 0 Å². The highest BCUT2D eigenvalue weighted by molar-refractivity contribution is 4.86. The van der Waals surface area contributed by atoms with Crippen LogP contribution in [0.5, 0.6) is 0 Å². The van der Waals surface area contributed by atoms with Crippen molar-refractivity contribution in [2.24, 2.45) is 0 Å². The molecule has 0 bridgehead atoms. The Balaban J connectivity index is 1.84. The van der Waals surface area contributed by atoms with Crippen LogP contribution in [-0.4, -0.2) is 36.6 Å². The molecule has 3 atom stereocenters. The Morgan fingerprint density at radius 1 is 1.36 bits per heavy atom. The number of hydrogen-bond donors (Lipinski definition) is 1. The first-order valence-electron chi connectivity index (χ1n) is 4.28. The highest BCUT2D eigenvalue weighted by Gasteiger charge is 2.38. The van der Waals surface area contributed by atoms with Gasteiger partial charge in [-0.1, -0.05) is 0 Å². The monoisotopic (exact) mass is 158 g/mol. The summed E-state index contributed by atoms with van der Waals surface area (Å²) in [6.07, 6.45) is 3.67. The summed E-state index contributed by atoms with van der Waals surface area (Å²) < 4.78 is 11.1. The summed E-state index contributed by atoms with van der Waals surface area (Å²) in [6, 6.07) is 0. The average molecular weight is 158 g/mol. The maximum atomic E-state index is 8.67. The molecule has 2 rings (SSSR count). The largest absolute Gasteiger partial charge is 0.396 e. The third-order valence-corrected chi connectivity index (χ3v) is 2.46. The van der Waals surface area contributed by atoms with E-state index in [0.29, 0.717) is 12.2 Å². The van der Waals surface area contributed by atoms with Crippen molar-refractivity contribution in [3.05, 3.63) is 0 Å². The molecule has 0 aliphatic carbocycles. The van der Waals surface area contributed by atoms with E-state index in [-0.39, 0.29) is 12.7 Å². The van der Waals surface area contributed by atoms with Crippen LogP contribution in [0, 0.1) is 0 Å². The Hall–Kier alpha value is -0.120. The molecule has 2 heterocycles. The molecule has 2 saturated heterocycles. The fourth-order valence-electron chi connectivity index (χ4n) is 1.90. The van der Waals surface area contributed by atoms with Gasteiger partial charge in [0.25, 0.3) is 0 Å². The predicted molar refractivity (Wildman–Crippen MR) is 39.3 cm³/mol. The second kappa shape index (κ2) is 3.09. The molecule has 11 heavy (non-hydrogen) atoms. The van der Waals surface area contributed by atoms with Crippen LogP contribution in [0.25, 0.3) is 0 Å². The smallest absolute Gasteiger partial charge is 0.0863 e. The molecular formula is C8H14O3. The molecule has 64 valence electrons. The normalized spacial score (nSPS) is 42.8. The van der Waals surface area contributed by atoms with Gasteiger partial charge in [-0.05, 0) is 12.8 Å². The van der Waals surface area contributed by atoms with Gasteiger partial charge in [0.2, 0.25) is 0 Å². The Labute approximate surface area is 66.3 Å². The predicted octanol–water partition coefficient (Wildman–Crippen LogP) is 0.315. The van der Waals surface area contributed by atoms with Gasteiger partial charge in [-0.15, -0.1) is 0 Å². The molecule has 0 amide bonds. The van der Waals surface area contributed by atoms with Crippen molar-refractivity contribution in [2.45, 2.75) is 37.6 Å². The molecule has 2 fully saturated rings. The second-order valence-electron chi connectivity index (χ2n) is 3.24. The van der Waals surface area contributed by atoms with Crippen LogP contribution in [-0.2, 0) is 9.47 Å². The van der Waals surface area contributed by atoms with E-state index in [1.54, 1.807) is 0 Å². The summed E-state index contributed by atoms with van der Waals surface area (Å²) >= 11 is 0. The first-order valence-corrected chi connectivity index (χ1v) is 4.28. The quantitative estimate of drug-likeness (QED) is 0.628. The van der Waals surface area contributed by atoms with Crippen molar-refractivity contribution in [1.29, 1.82) is 0 Å². The zero-order valence-corrected chi connectivity index (χ0v) is 6.53. The summed E-state index contributed by atoms with van der Waals surface area (Å²) in [4.78, 5) is 0. The molecule has 3 unspecified atom stereocenters. The number of aliphatic hydroxyl groups excluding tert-OH is 1. The van der Waals surface area contributed by atoms with Crippen molar-refractivity contribution >= 4 is 0 Å². The molecular weight excluding hydrogens is 144 g/mol. The highest BCUT2D eigenvalue weighted by Crippen LogP contribution is 2.31. The highest BCUT2D eigenvalue weighted by atomic mass is 16.6. The molecule has 2 aliphatic rings. The first kappa shape index (κ1) is 7.53. The first-order chi connectivity index (χ1) is 5.40. The van der Waals surface area contributed by atoms with Crippen LogP contribution >= 0.6 is 0 Å². The standard InChI is InChI=1S/C8H14O3/c9-3-1-6-5-8-7(11-6)2-4-10-8/h6-9H,1-5H2. The maximum Gasteiger partial charge on any atom is 0.0863 e. The fraction of sp³-hybridized carbons (Fsp3) is 1.00. The van der Waals surface area contributed by atoms with Gasteiger partial charge in [0, 0.05) is 19.6 Å². The maximum absolute atomic E-state index is 8.67. The summed E-state index contributed by atoms with van der Waals surface area (Å²) in [5.74, 6) is 0. The summed E-state index contributed by atoms with van der Waals surface area (Å²) in [5, 5.41) is 8.67. The van der Waals surface area contributed by atoms with E-state index < -0.39 is 0 Å². The zero-order chi connectivity index (χ0) is 7.68. The number of aliphatic hydroxyl groups is 1. The molecule has 0 aromatic carbocycles. The number of fused-ring (bicyclic) bond motifs is 1. The topological polar surface area (TPSA) is 38.7 Å². The van der Waals surface area contributed by atoms with Gasteiger partial charge in [0.05, 0.1) is 18.3 Å². The van der Waals surface area contributed by atoms with Gasteiger partial charge in [-0.2, -0.15) is 0 Å². The van der Waals surface area contributed by atoms with Crippen molar-refractivity contribution in [3.8, 4) is 0 Å². The molecule has 1 N–H and O–H groups in total. The van der Waals surface area contributed by atoms with Gasteiger partial charge < -0.3 is 14.6 Å². The van der Waals surface area contributed by atoms with Gasteiger partial charge >= 0.3 is 0 Å². The molecule has 0 spiro atoms. The summed E-state index contributed by atoms with van der Waals surface area (Å²) in [7, 11) is 0. The number of hydrogen-bond acceptors (Lipinski definition) is 3. The van der Waals surface area contributed by atoms with Crippen molar-refractivity contribution < 1.29 is 14.6 Å². The van der Waals surface area contributed by atoms with Gasteiger partial charge in [-0.3, -0.25) is 0 Å². The third-order valence-electron chi connectivity index (χ3n) is 2.46. The lowest BCUT2D eigenvalue weighted by Crippen LogP contribution is -2.13. The zero-order valence-electron chi connectivity index (χ0n) is 6.53. The third kappa shape index (κ3) is 1.41. The fourth-order valence-corrected chi connectivity index (χ4v) is 1.90. The van der Waals surface area contributed by atoms with Gasteiger partial charge in [-0.25, -0.2) is 0 Å². The van der Waals surface area contributed by atoms with E-state index in [1.165, 1.54) is 0 Å². The number of rotatable bonds is 2. The van der Waals surface area contributed by atoms with Crippen LogP contribution in [0.3, 0.4) is 0 Å².